The molecule has 3 heteroatoms. The van der Waals surface area contributed by atoms with Gasteiger partial charge in [0.05, 0.1) is 0 Å². The van der Waals surface area contributed by atoms with E-state index >= 15 is 0 Å². The van der Waals surface area contributed by atoms with Crippen molar-refractivity contribution < 1.29 is 0 Å². The van der Waals surface area contributed by atoms with Crippen molar-refractivity contribution in [2.75, 3.05) is 19.6 Å². The van der Waals surface area contributed by atoms with Gasteiger partial charge in [0.15, 0.2) is 0 Å². The molecule has 76 valence electrons. The number of benzene rings is 1. The summed E-state index contributed by atoms with van der Waals surface area (Å²) >= 11 is 3.50. The van der Waals surface area contributed by atoms with Gasteiger partial charge in [-0.2, -0.15) is 0 Å². The summed E-state index contributed by atoms with van der Waals surface area (Å²) < 4.78 is 1.15. The molecular formula is C11H15BrN2. The van der Waals surface area contributed by atoms with Crippen LogP contribution < -0.4 is 11.1 Å². The number of halogens is 1. The summed E-state index contributed by atoms with van der Waals surface area (Å²) in [6, 6.07) is 8.53. The average Bonchev–Trinajstić information content (AvgIpc) is 2.65. The molecule has 3 N–H and O–H groups in total. The van der Waals surface area contributed by atoms with E-state index in [-0.39, 0.29) is 0 Å². The fourth-order valence-corrected chi connectivity index (χ4v) is 2.52. The van der Waals surface area contributed by atoms with E-state index in [9.17, 15) is 0 Å². The highest BCUT2D eigenvalue weighted by Crippen LogP contribution is 2.28. The zero-order valence-corrected chi connectivity index (χ0v) is 9.63. The number of nitrogens with two attached hydrogens (primary N) is 1. The number of hydrogen-bond donors (Lipinski definition) is 2. The van der Waals surface area contributed by atoms with E-state index in [2.05, 4.69) is 45.5 Å². The highest BCUT2D eigenvalue weighted by Gasteiger charge is 2.26. The van der Waals surface area contributed by atoms with Crippen molar-refractivity contribution in [3.8, 4) is 0 Å². The van der Waals surface area contributed by atoms with E-state index in [4.69, 9.17) is 5.73 Å². The first-order chi connectivity index (χ1) is 6.81. The molecule has 1 saturated heterocycles. The molecule has 1 fully saturated rings. The van der Waals surface area contributed by atoms with Crippen LogP contribution in [-0.4, -0.2) is 19.6 Å². The molecule has 1 aliphatic heterocycles. The van der Waals surface area contributed by atoms with Gasteiger partial charge >= 0.3 is 0 Å². The Kier molecular flexibility index (Phi) is 3.21. The zero-order valence-electron chi connectivity index (χ0n) is 8.04. The van der Waals surface area contributed by atoms with E-state index in [1.54, 1.807) is 0 Å². The molecule has 2 nitrogen and oxygen atoms in total. The van der Waals surface area contributed by atoms with Crippen molar-refractivity contribution >= 4 is 15.9 Å². The Morgan fingerprint density at radius 1 is 1.43 bits per heavy atom. The monoisotopic (exact) mass is 254 g/mol. The fourth-order valence-electron chi connectivity index (χ4n) is 2.11. The van der Waals surface area contributed by atoms with E-state index in [1.165, 1.54) is 5.56 Å². The van der Waals surface area contributed by atoms with Crippen LogP contribution in [0.2, 0.25) is 0 Å². The van der Waals surface area contributed by atoms with E-state index in [0.29, 0.717) is 11.8 Å². The van der Waals surface area contributed by atoms with Crippen molar-refractivity contribution in [2.24, 2.45) is 11.7 Å². The van der Waals surface area contributed by atoms with Crippen LogP contribution in [0.3, 0.4) is 0 Å². The molecule has 14 heavy (non-hydrogen) atoms. The fraction of sp³-hybridized carbons (Fsp3) is 0.455. The van der Waals surface area contributed by atoms with Crippen molar-refractivity contribution in [1.82, 2.24) is 5.32 Å². The topological polar surface area (TPSA) is 38.0 Å². The van der Waals surface area contributed by atoms with Crippen molar-refractivity contribution in [2.45, 2.75) is 5.92 Å². The maximum Gasteiger partial charge on any atom is 0.0178 e. The Balaban J connectivity index is 2.21. The second-order valence-corrected chi connectivity index (χ2v) is 4.73. The van der Waals surface area contributed by atoms with E-state index in [1.807, 2.05) is 0 Å². The predicted molar refractivity (Wildman–Crippen MR) is 62.3 cm³/mol. The molecular weight excluding hydrogens is 240 g/mol. The van der Waals surface area contributed by atoms with Crippen LogP contribution in [0.5, 0.6) is 0 Å². The quantitative estimate of drug-likeness (QED) is 0.844. The lowest BCUT2D eigenvalue weighted by molar-refractivity contribution is 0.531. The summed E-state index contributed by atoms with van der Waals surface area (Å²) in [5.41, 5.74) is 7.14. The van der Waals surface area contributed by atoms with Crippen molar-refractivity contribution in [3.63, 3.8) is 0 Å². The maximum absolute atomic E-state index is 5.75. The lowest BCUT2D eigenvalue weighted by Gasteiger charge is -2.17. The second-order valence-electron chi connectivity index (χ2n) is 3.82. The Bertz CT molecular complexity index is 314. The molecule has 0 amide bonds. The molecule has 0 aliphatic carbocycles. The minimum Gasteiger partial charge on any atom is -0.330 e. The first-order valence-corrected chi connectivity index (χ1v) is 5.77. The summed E-state index contributed by atoms with van der Waals surface area (Å²) in [6.07, 6.45) is 0. The Labute approximate surface area is 93.0 Å². The minimum absolute atomic E-state index is 0.581. The molecule has 1 heterocycles. The van der Waals surface area contributed by atoms with Gasteiger partial charge in [-0.1, -0.05) is 28.1 Å². The molecule has 1 aromatic carbocycles. The third-order valence-electron chi connectivity index (χ3n) is 2.92. The predicted octanol–water partition coefficient (Wildman–Crippen LogP) is 1.71. The number of rotatable bonds is 2. The van der Waals surface area contributed by atoms with Gasteiger partial charge in [-0.3, -0.25) is 0 Å². The summed E-state index contributed by atoms with van der Waals surface area (Å²) in [5.74, 6) is 1.17. The molecule has 1 aromatic rings. The van der Waals surface area contributed by atoms with Gasteiger partial charge in [0, 0.05) is 16.9 Å². The minimum atomic E-state index is 0.581. The summed E-state index contributed by atoms with van der Waals surface area (Å²) in [5, 5.41) is 3.40. The van der Waals surface area contributed by atoms with Crippen LogP contribution in [0, 0.1) is 5.92 Å². The van der Waals surface area contributed by atoms with Crippen LogP contribution in [0.25, 0.3) is 0 Å². The largest absolute Gasteiger partial charge is 0.330 e. The van der Waals surface area contributed by atoms with Crippen LogP contribution >= 0.6 is 15.9 Å². The molecule has 1 aliphatic rings. The Hall–Kier alpha value is -0.380. The smallest absolute Gasteiger partial charge is 0.0178 e. The standard InChI is InChI=1S/C11H15BrN2/c12-10-3-1-2-8(4-10)11-7-14-6-9(11)5-13/h1-4,9,11,14H,5-7,13H2. The van der Waals surface area contributed by atoms with Gasteiger partial charge in [0.1, 0.15) is 0 Å². The van der Waals surface area contributed by atoms with Gasteiger partial charge in [0.25, 0.3) is 0 Å². The van der Waals surface area contributed by atoms with E-state index in [0.717, 1.165) is 24.1 Å². The lowest BCUT2D eigenvalue weighted by atomic mass is 9.89. The third-order valence-corrected chi connectivity index (χ3v) is 3.41. The SMILES string of the molecule is NCC1CNCC1c1cccc(Br)c1. The molecule has 0 aromatic heterocycles. The first kappa shape index (κ1) is 10.1. The summed E-state index contributed by atoms with van der Waals surface area (Å²) in [7, 11) is 0. The summed E-state index contributed by atoms with van der Waals surface area (Å²) in [4.78, 5) is 0. The second kappa shape index (κ2) is 4.43. The highest BCUT2D eigenvalue weighted by molar-refractivity contribution is 9.10. The van der Waals surface area contributed by atoms with Gasteiger partial charge in [-0.15, -0.1) is 0 Å². The van der Waals surface area contributed by atoms with Crippen LogP contribution in [0.1, 0.15) is 11.5 Å². The normalized spacial score (nSPS) is 26.7. The van der Waals surface area contributed by atoms with E-state index < -0.39 is 0 Å². The van der Waals surface area contributed by atoms with Gasteiger partial charge in [-0.05, 0) is 36.7 Å². The molecule has 0 radical (unpaired) electrons. The van der Waals surface area contributed by atoms with Gasteiger partial charge in [-0.25, -0.2) is 0 Å². The molecule has 0 saturated carbocycles. The van der Waals surface area contributed by atoms with Crippen molar-refractivity contribution in [1.29, 1.82) is 0 Å². The number of hydrogen-bond acceptors (Lipinski definition) is 2. The zero-order chi connectivity index (χ0) is 9.97. The van der Waals surface area contributed by atoms with Crippen LogP contribution in [0.4, 0.5) is 0 Å². The highest BCUT2D eigenvalue weighted by atomic mass is 79.9. The molecule has 2 atom stereocenters. The summed E-state index contributed by atoms with van der Waals surface area (Å²) in [6.45, 7) is 2.87. The number of nitrogens with one attached hydrogen (secondary N) is 1. The first-order valence-electron chi connectivity index (χ1n) is 4.97. The van der Waals surface area contributed by atoms with Crippen LogP contribution in [0.15, 0.2) is 28.7 Å². The molecule has 2 rings (SSSR count). The van der Waals surface area contributed by atoms with Gasteiger partial charge in [0.2, 0.25) is 0 Å². The maximum atomic E-state index is 5.75. The molecule has 0 spiro atoms. The lowest BCUT2D eigenvalue weighted by Crippen LogP contribution is -2.21. The Morgan fingerprint density at radius 2 is 2.29 bits per heavy atom. The molecule has 0 bridgehead atoms. The molecule has 2 unspecified atom stereocenters. The Morgan fingerprint density at radius 3 is 3.00 bits per heavy atom. The third kappa shape index (κ3) is 2.00. The van der Waals surface area contributed by atoms with Gasteiger partial charge < -0.3 is 11.1 Å². The average molecular weight is 255 g/mol. The van der Waals surface area contributed by atoms with Crippen LogP contribution in [-0.2, 0) is 0 Å². The van der Waals surface area contributed by atoms with Crippen molar-refractivity contribution in [3.05, 3.63) is 34.3 Å².